The molecule has 0 saturated heterocycles. The topological polar surface area (TPSA) is 109 Å². The summed E-state index contributed by atoms with van der Waals surface area (Å²) in [4.78, 5) is 43.4. The molecule has 1 heterocycles. The Bertz CT molecular complexity index is 1690. The van der Waals surface area contributed by atoms with Crippen molar-refractivity contribution >= 4 is 29.1 Å². The number of aromatic nitrogens is 1. The monoisotopic (exact) mass is 681 g/mol. The molecule has 0 fully saturated rings. The average molecular weight is 682 g/mol. The first-order valence-electron chi connectivity index (χ1n) is 15.7. The second-order valence-electron chi connectivity index (χ2n) is 11.3. The van der Waals surface area contributed by atoms with Crippen LogP contribution in [0.15, 0.2) is 72.1 Å². The van der Waals surface area contributed by atoms with Gasteiger partial charge in [0.05, 0.1) is 17.8 Å². The summed E-state index contributed by atoms with van der Waals surface area (Å²) in [6.45, 7) is 1.85. The highest BCUT2D eigenvalue weighted by Crippen LogP contribution is 2.31. The van der Waals surface area contributed by atoms with Crippen molar-refractivity contribution in [2.75, 3.05) is 13.7 Å². The number of alkyl halides is 3. The van der Waals surface area contributed by atoms with Crippen molar-refractivity contribution in [1.82, 2.24) is 15.2 Å². The van der Waals surface area contributed by atoms with Gasteiger partial charge in [-0.1, -0.05) is 50.8 Å². The minimum Gasteiger partial charge on any atom is -0.482 e. The van der Waals surface area contributed by atoms with Gasteiger partial charge in [0.2, 0.25) is 0 Å². The number of carboxylic acid groups (broad SMARTS) is 1. The Labute approximate surface area is 281 Å². The van der Waals surface area contributed by atoms with Crippen molar-refractivity contribution in [2.24, 2.45) is 0 Å². The lowest BCUT2D eigenvalue weighted by molar-refractivity contribution is -0.139. The van der Waals surface area contributed by atoms with E-state index >= 15 is 0 Å². The summed E-state index contributed by atoms with van der Waals surface area (Å²) >= 11 is 1.40. The van der Waals surface area contributed by atoms with Crippen LogP contribution in [0.5, 0.6) is 5.75 Å². The van der Waals surface area contributed by atoms with Gasteiger partial charge in [0.15, 0.2) is 6.61 Å². The number of rotatable bonds is 16. The molecule has 48 heavy (non-hydrogen) atoms. The summed E-state index contributed by atoms with van der Waals surface area (Å²) in [5.74, 6) is -1.40. The van der Waals surface area contributed by atoms with Gasteiger partial charge in [-0.2, -0.15) is 13.2 Å². The molecule has 0 aliphatic heterocycles. The first kappa shape index (κ1) is 36.1. The lowest BCUT2D eigenvalue weighted by Gasteiger charge is -2.22. The zero-order valence-corrected chi connectivity index (χ0v) is 27.6. The number of carbonyl (C=O) groups is 3. The number of nitrogens with one attached hydrogen (secondary N) is 1. The van der Waals surface area contributed by atoms with E-state index < -0.39 is 30.2 Å². The van der Waals surface area contributed by atoms with Crippen LogP contribution in [0.25, 0.3) is 10.6 Å². The fourth-order valence-electron chi connectivity index (χ4n) is 5.16. The maximum atomic E-state index is 13.7. The molecular weight excluding hydrogens is 643 g/mol. The van der Waals surface area contributed by atoms with Gasteiger partial charge in [0, 0.05) is 35.7 Å². The van der Waals surface area contributed by atoms with Crippen molar-refractivity contribution in [3.05, 3.63) is 106 Å². The number of hydrogen-bond donors (Lipinski definition) is 2. The summed E-state index contributed by atoms with van der Waals surface area (Å²) in [7, 11) is 1.60. The Hall–Kier alpha value is -4.71. The lowest BCUT2D eigenvalue weighted by Crippen LogP contribution is -2.30. The van der Waals surface area contributed by atoms with Crippen molar-refractivity contribution in [3.8, 4) is 16.3 Å². The second-order valence-corrected chi connectivity index (χ2v) is 12.2. The first-order chi connectivity index (χ1) is 23.0. The molecule has 12 heteroatoms. The Morgan fingerprint density at radius 2 is 1.65 bits per heavy atom. The fraction of sp³-hybridized carbons (Fsp3) is 0.333. The van der Waals surface area contributed by atoms with Crippen molar-refractivity contribution < 1.29 is 37.4 Å². The number of benzene rings is 3. The normalized spacial score (nSPS) is 11.3. The Morgan fingerprint density at radius 1 is 0.938 bits per heavy atom. The molecule has 0 saturated carbocycles. The third-order valence-corrected chi connectivity index (χ3v) is 8.62. The molecule has 4 aromatic rings. The van der Waals surface area contributed by atoms with Crippen LogP contribution in [-0.2, 0) is 30.5 Å². The maximum Gasteiger partial charge on any atom is 0.416 e. The van der Waals surface area contributed by atoms with Gasteiger partial charge in [-0.05, 0) is 72.5 Å². The van der Waals surface area contributed by atoms with Gasteiger partial charge in [0.1, 0.15) is 10.8 Å². The summed E-state index contributed by atoms with van der Waals surface area (Å²) in [6.07, 6.45) is 1.73. The summed E-state index contributed by atoms with van der Waals surface area (Å²) in [6, 6.07) is 16.3. The van der Waals surface area contributed by atoms with E-state index in [1.807, 2.05) is 17.5 Å². The van der Waals surface area contributed by atoms with Crippen molar-refractivity contribution in [1.29, 1.82) is 0 Å². The summed E-state index contributed by atoms with van der Waals surface area (Å²) < 4.78 is 44.7. The highest BCUT2D eigenvalue weighted by atomic mass is 32.1. The van der Waals surface area contributed by atoms with Gasteiger partial charge >= 0.3 is 12.1 Å². The molecule has 1 aromatic heterocycles. The van der Waals surface area contributed by atoms with E-state index in [4.69, 9.17) is 14.8 Å². The van der Waals surface area contributed by atoms with Crippen LogP contribution < -0.4 is 10.1 Å². The number of carbonyl (C=O) groups excluding carboxylic acids is 2. The molecule has 0 aliphatic rings. The Kier molecular flexibility index (Phi) is 12.7. The van der Waals surface area contributed by atoms with Gasteiger partial charge in [-0.3, -0.25) is 9.59 Å². The van der Waals surface area contributed by atoms with E-state index in [-0.39, 0.29) is 24.6 Å². The predicted molar refractivity (Wildman–Crippen MR) is 178 cm³/mol. The van der Waals surface area contributed by atoms with Gasteiger partial charge < -0.3 is 20.1 Å². The van der Waals surface area contributed by atoms with Gasteiger partial charge in [-0.15, -0.1) is 11.3 Å². The Balaban J connectivity index is 1.58. The molecule has 0 atom stereocenters. The number of unbranched alkanes of at least 4 members (excludes halogenated alkanes) is 4. The smallest absolute Gasteiger partial charge is 0.416 e. The molecule has 2 N–H and O–H groups in total. The maximum absolute atomic E-state index is 13.7. The number of hydrogen-bond acceptors (Lipinski definition) is 6. The van der Waals surface area contributed by atoms with E-state index in [9.17, 15) is 27.6 Å². The number of carboxylic acids is 1. The molecule has 2 amide bonds. The molecule has 8 nitrogen and oxygen atoms in total. The molecule has 0 unspecified atom stereocenters. The van der Waals surface area contributed by atoms with Crippen LogP contribution in [0, 0.1) is 0 Å². The van der Waals surface area contributed by atoms with Gasteiger partial charge in [-0.25, -0.2) is 9.78 Å². The third-order valence-electron chi connectivity index (χ3n) is 7.68. The van der Waals surface area contributed by atoms with Crippen molar-refractivity contribution in [3.63, 3.8) is 0 Å². The minimum atomic E-state index is -4.53. The van der Waals surface area contributed by atoms with E-state index in [2.05, 4.69) is 12.2 Å². The number of thiazole rings is 1. The lowest BCUT2D eigenvalue weighted by atomic mass is 9.97. The zero-order valence-electron chi connectivity index (χ0n) is 26.8. The molecular formula is C36H38F3N3O5S. The van der Waals surface area contributed by atoms with E-state index in [1.54, 1.807) is 37.4 Å². The fourth-order valence-corrected chi connectivity index (χ4v) is 5.96. The Morgan fingerprint density at radius 3 is 2.29 bits per heavy atom. The average Bonchev–Trinajstić information content (AvgIpc) is 3.55. The summed E-state index contributed by atoms with van der Waals surface area (Å²) in [5, 5.41) is 14.1. The molecule has 0 aliphatic carbocycles. The number of halogens is 3. The zero-order chi connectivity index (χ0) is 34.7. The van der Waals surface area contributed by atoms with Crippen LogP contribution in [0.1, 0.15) is 82.1 Å². The second kappa shape index (κ2) is 16.9. The van der Waals surface area contributed by atoms with Gasteiger partial charge in [0.25, 0.3) is 11.8 Å². The molecule has 4 rings (SSSR count). The number of ether oxygens (including phenoxy) is 1. The molecule has 0 bridgehead atoms. The van der Waals surface area contributed by atoms with Crippen molar-refractivity contribution in [2.45, 2.75) is 64.7 Å². The van der Waals surface area contributed by atoms with Crippen LogP contribution in [-0.4, -0.2) is 46.4 Å². The van der Waals surface area contributed by atoms with Crippen LogP contribution >= 0.6 is 11.3 Å². The third kappa shape index (κ3) is 10.1. The largest absolute Gasteiger partial charge is 0.482 e. The highest BCUT2D eigenvalue weighted by molar-refractivity contribution is 7.13. The van der Waals surface area contributed by atoms with Crippen LogP contribution in [0.3, 0.4) is 0 Å². The number of amides is 2. The number of aryl methyl sites for hydroxylation is 1. The predicted octanol–water partition coefficient (Wildman–Crippen LogP) is 8.01. The highest BCUT2D eigenvalue weighted by Gasteiger charge is 2.30. The van der Waals surface area contributed by atoms with Crippen LogP contribution in [0.2, 0.25) is 0 Å². The van der Waals surface area contributed by atoms with E-state index in [0.29, 0.717) is 27.6 Å². The quantitative estimate of drug-likeness (QED) is 0.116. The first-order valence-corrected chi connectivity index (χ1v) is 16.6. The molecule has 3 aromatic carbocycles. The SMILES string of the molecule is CCCCCCCc1cc(-c2nc(CN(Cc3ccc(OCC(=O)O)cc3)C(=O)c3ccc(C(F)(F)F)cc3)cs2)ccc1C(=O)NC. The van der Waals surface area contributed by atoms with Crippen LogP contribution in [0.4, 0.5) is 13.2 Å². The molecule has 254 valence electrons. The minimum absolute atomic E-state index is 0.0776. The summed E-state index contributed by atoms with van der Waals surface area (Å²) in [5.41, 5.74) is 2.94. The van der Waals surface area contributed by atoms with E-state index in [1.165, 1.54) is 22.7 Å². The number of aliphatic carboxylic acids is 1. The van der Waals surface area contributed by atoms with E-state index in [0.717, 1.165) is 67.5 Å². The molecule has 0 radical (unpaired) electrons. The standard InChI is InChI=1S/C36H38F3N3O5S/c1-3-4-5-6-7-8-26-19-27(13-18-31(26)33(45)40-2)34-41-29(23-48-34)21-42(20-24-9-16-30(17-10-24)47-22-32(43)44)35(46)25-11-14-28(15-12-25)36(37,38)39/h9-19,23H,3-8,20-22H2,1-2H3,(H,40,45)(H,43,44). The number of nitrogens with zero attached hydrogens (tertiary/aromatic N) is 2. The molecule has 0 spiro atoms.